The van der Waals surface area contributed by atoms with Crippen molar-refractivity contribution in [3.8, 4) is 0 Å². The molecule has 0 heterocycles. The molecule has 3 nitrogen and oxygen atoms in total. The van der Waals surface area contributed by atoms with E-state index in [1.165, 1.54) is 5.56 Å². The van der Waals surface area contributed by atoms with Gasteiger partial charge in [0.25, 0.3) is 0 Å². The Morgan fingerprint density at radius 3 is 2.05 bits per heavy atom. The maximum absolute atomic E-state index is 9.11. The molecule has 2 aromatic carbocycles. The van der Waals surface area contributed by atoms with E-state index in [9.17, 15) is 0 Å². The van der Waals surface area contributed by atoms with Crippen LogP contribution < -0.4 is 16.7 Å². The number of benzene rings is 2. The van der Waals surface area contributed by atoms with Gasteiger partial charge >= 0.3 is 6.92 Å². The molecule has 0 atom stereocenters. The third kappa shape index (κ3) is 3.70. The molecule has 104 valence electrons. The van der Waals surface area contributed by atoms with E-state index in [0.29, 0.717) is 13.2 Å². The first-order valence-corrected chi connectivity index (χ1v) is 6.82. The van der Waals surface area contributed by atoms with Gasteiger partial charge in [-0.1, -0.05) is 54.1 Å². The number of hydrogen-bond acceptors (Lipinski definition) is 3. The molecule has 0 aromatic heterocycles. The highest BCUT2D eigenvalue weighted by Crippen LogP contribution is 2.01. The molecule has 0 aliphatic carbocycles. The third-order valence-electron chi connectivity index (χ3n) is 3.25. The predicted molar refractivity (Wildman–Crippen MR) is 83.6 cm³/mol. The standard InChI is InChI=1S/C16H20BNO2/c1-13-2-6-15(7-3-13)17(20-11-10-18)16-8-4-14(12-19)5-9-16/h2-9,19H,10-12,18H2,1H3. The fraction of sp³-hybridized carbons (Fsp3) is 0.250. The molecular weight excluding hydrogens is 249 g/mol. The van der Waals surface area contributed by atoms with Crippen LogP contribution in [-0.2, 0) is 11.3 Å². The third-order valence-corrected chi connectivity index (χ3v) is 3.25. The molecule has 0 radical (unpaired) electrons. The molecule has 0 amide bonds. The van der Waals surface area contributed by atoms with Crippen LogP contribution in [0.5, 0.6) is 0 Å². The number of nitrogens with two attached hydrogens (primary N) is 1. The van der Waals surface area contributed by atoms with Crippen LogP contribution in [0.2, 0.25) is 0 Å². The van der Waals surface area contributed by atoms with E-state index in [4.69, 9.17) is 15.5 Å². The molecule has 0 aliphatic rings. The Morgan fingerprint density at radius 1 is 1.00 bits per heavy atom. The summed E-state index contributed by atoms with van der Waals surface area (Å²) < 4.78 is 5.89. The van der Waals surface area contributed by atoms with Crippen LogP contribution in [0.1, 0.15) is 11.1 Å². The zero-order valence-electron chi connectivity index (χ0n) is 11.8. The van der Waals surface area contributed by atoms with Crippen LogP contribution in [0.4, 0.5) is 0 Å². The van der Waals surface area contributed by atoms with Crippen molar-refractivity contribution in [3.63, 3.8) is 0 Å². The minimum atomic E-state index is -0.119. The van der Waals surface area contributed by atoms with Crippen molar-refractivity contribution in [2.24, 2.45) is 5.73 Å². The fourth-order valence-corrected chi connectivity index (χ4v) is 2.11. The number of aliphatic hydroxyl groups excluding tert-OH is 1. The van der Waals surface area contributed by atoms with Gasteiger partial charge in [0.05, 0.1) is 6.61 Å². The van der Waals surface area contributed by atoms with Gasteiger partial charge in [0.2, 0.25) is 0 Å². The number of rotatable bonds is 6. The van der Waals surface area contributed by atoms with E-state index < -0.39 is 0 Å². The normalized spacial score (nSPS) is 10.6. The average molecular weight is 269 g/mol. The van der Waals surface area contributed by atoms with E-state index in [0.717, 1.165) is 16.5 Å². The van der Waals surface area contributed by atoms with E-state index in [-0.39, 0.29) is 13.5 Å². The monoisotopic (exact) mass is 269 g/mol. The number of hydrogen-bond donors (Lipinski definition) is 2. The maximum atomic E-state index is 9.11. The fourth-order valence-electron chi connectivity index (χ4n) is 2.11. The van der Waals surface area contributed by atoms with Crippen LogP contribution in [-0.4, -0.2) is 25.2 Å². The molecule has 2 aromatic rings. The lowest BCUT2D eigenvalue weighted by Crippen LogP contribution is -2.45. The van der Waals surface area contributed by atoms with E-state index in [1.807, 2.05) is 24.3 Å². The van der Waals surface area contributed by atoms with E-state index in [1.54, 1.807) is 0 Å². The van der Waals surface area contributed by atoms with Gasteiger partial charge in [-0.05, 0) is 23.4 Å². The first-order valence-electron chi connectivity index (χ1n) is 6.82. The minimum Gasteiger partial charge on any atom is -0.426 e. The second-order valence-corrected chi connectivity index (χ2v) is 4.85. The van der Waals surface area contributed by atoms with Gasteiger partial charge in [-0.15, -0.1) is 0 Å². The van der Waals surface area contributed by atoms with Gasteiger partial charge in [0.15, 0.2) is 0 Å². The largest absolute Gasteiger partial charge is 0.426 e. The molecule has 0 bridgehead atoms. The summed E-state index contributed by atoms with van der Waals surface area (Å²) in [6.45, 7) is 3.01. The molecule has 0 saturated carbocycles. The van der Waals surface area contributed by atoms with Gasteiger partial charge in [0.1, 0.15) is 0 Å². The molecular formula is C16H20BNO2. The van der Waals surface area contributed by atoms with Crippen LogP contribution in [0.15, 0.2) is 48.5 Å². The summed E-state index contributed by atoms with van der Waals surface area (Å²) in [5.74, 6) is 0. The highest BCUT2D eigenvalue weighted by molar-refractivity contribution is 6.80. The number of aryl methyl sites for hydroxylation is 1. The lowest BCUT2D eigenvalue weighted by molar-refractivity contribution is 0.282. The molecule has 20 heavy (non-hydrogen) atoms. The Hall–Kier alpha value is -1.62. The summed E-state index contributed by atoms with van der Waals surface area (Å²) in [4.78, 5) is 0. The molecule has 3 N–H and O–H groups in total. The summed E-state index contributed by atoms with van der Waals surface area (Å²) in [5.41, 5.74) is 9.85. The lowest BCUT2D eigenvalue weighted by atomic mass is 9.55. The molecule has 0 saturated heterocycles. The second kappa shape index (κ2) is 7.24. The molecule has 0 unspecified atom stereocenters. The zero-order chi connectivity index (χ0) is 14.4. The SMILES string of the molecule is Cc1ccc(B(OCCN)c2ccc(CO)cc2)cc1. The van der Waals surface area contributed by atoms with Crippen molar-refractivity contribution in [2.75, 3.05) is 13.2 Å². The Bertz CT molecular complexity index is 525. The van der Waals surface area contributed by atoms with Gasteiger partial charge in [-0.3, -0.25) is 0 Å². The quantitative estimate of drug-likeness (QED) is 0.754. The summed E-state index contributed by atoms with van der Waals surface area (Å²) in [6.07, 6.45) is 0. The first kappa shape index (κ1) is 14.8. The average Bonchev–Trinajstić information content (AvgIpc) is 2.50. The van der Waals surface area contributed by atoms with Crippen molar-refractivity contribution in [3.05, 3.63) is 59.7 Å². The Labute approximate surface area is 120 Å². The van der Waals surface area contributed by atoms with Crippen molar-refractivity contribution < 1.29 is 9.76 Å². The highest BCUT2D eigenvalue weighted by atomic mass is 16.4. The first-order chi connectivity index (χ1) is 9.74. The molecule has 2 rings (SSSR count). The van der Waals surface area contributed by atoms with Crippen LogP contribution in [0.3, 0.4) is 0 Å². The Balaban J connectivity index is 2.27. The van der Waals surface area contributed by atoms with Crippen molar-refractivity contribution in [1.29, 1.82) is 0 Å². The van der Waals surface area contributed by atoms with Crippen molar-refractivity contribution in [2.45, 2.75) is 13.5 Å². The van der Waals surface area contributed by atoms with Crippen molar-refractivity contribution >= 4 is 17.8 Å². The van der Waals surface area contributed by atoms with Crippen LogP contribution in [0.25, 0.3) is 0 Å². The van der Waals surface area contributed by atoms with E-state index in [2.05, 4.69) is 31.2 Å². The molecule has 4 heteroatoms. The van der Waals surface area contributed by atoms with E-state index >= 15 is 0 Å². The van der Waals surface area contributed by atoms with Crippen LogP contribution in [0, 0.1) is 6.92 Å². The molecule has 0 spiro atoms. The van der Waals surface area contributed by atoms with Gasteiger partial charge in [-0.25, -0.2) is 0 Å². The summed E-state index contributed by atoms with van der Waals surface area (Å²) in [7, 11) is 0. The lowest BCUT2D eigenvalue weighted by Gasteiger charge is -2.15. The van der Waals surface area contributed by atoms with Crippen LogP contribution >= 0.6 is 0 Å². The van der Waals surface area contributed by atoms with Gasteiger partial charge in [-0.2, -0.15) is 0 Å². The second-order valence-electron chi connectivity index (χ2n) is 4.85. The van der Waals surface area contributed by atoms with Gasteiger partial charge < -0.3 is 15.5 Å². The summed E-state index contributed by atoms with van der Waals surface area (Å²) >= 11 is 0. The zero-order valence-corrected chi connectivity index (χ0v) is 11.8. The number of aliphatic hydroxyl groups is 1. The van der Waals surface area contributed by atoms with Crippen molar-refractivity contribution in [1.82, 2.24) is 0 Å². The Morgan fingerprint density at radius 2 is 1.55 bits per heavy atom. The minimum absolute atomic E-state index is 0.0547. The summed E-state index contributed by atoms with van der Waals surface area (Å²) in [6, 6.07) is 16.1. The summed E-state index contributed by atoms with van der Waals surface area (Å²) in [5, 5.41) is 9.11. The predicted octanol–water partition coefficient (Wildman–Crippen LogP) is 0.568. The molecule has 0 aliphatic heterocycles. The highest BCUT2D eigenvalue weighted by Gasteiger charge is 2.20. The maximum Gasteiger partial charge on any atom is 0.361 e. The smallest absolute Gasteiger partial charge is 0.361 e. The molecule has 0 fully saturated rings. The Kier molecular flexibility index (Phi) is 5.36. The van der Waals surface area contributed by atoms with Gasteiger partial charge in [0, 0.05) is 13.2 Å². The topological polar surface area (TPSA) is 55.5 Å².